The van der Waals surface area contributed by atoms with Crippen molar-refractivity contribution in [2.24, 2.45) is 0 Å². The van der Waals surface area contributed by atoms with E-state index >= 15 is 0 Å². The van der Waals surface area contributed by atoms with Gasteiger partial charge in [0.15, 0.2) is 0 Å². The molecule has 0 fully saturated rings. The van der Waals surface area contributed by atoms with Crippen molar-refractivity contribution in [3.05, 3.63) is 46.2 Å². The van der Waals surface area contributed by atoms with Crippen LogP contribution in [0.3, 0.4) is 0 Å². The van der Waals surface area contributed by atoms with Gasteiger partial charge in [0.25, 0.3) is 0 Å². The van der Waals surface area contributed by atoms with Crippen LogP contribution >= 0.6 is 11.6 Å². The third-order valence-electron chi connectivity index (χ3n) is 2.87. The Kier molecular flexibility index (Phi) is 3.25. The second-order valence-corrected chi connectivity index (χ2v) is 5.05. The molecular weight excluding hydrogens is 232 g/mol. The van der Waals surface area contributed by atoms with Gasteiger partial charge in [-0.05, 0) is 37.5 Å². The summed E-state index contributed by atoms with van der Waals surface area (Å²) >= 11 is 6.41. The van der Waals surface area contributed by atoms with Gasteiger partial charge in [0.1, 0.15) is 5.15 Å². The Bertz CT molecular complexity index is 541. The molecule has 0 saturated heterocycles. The lowest BCUT2D eigenvalue weighted by atomic mass is 10.1. The Morgan fingerprint density at radius 3 is 2.47 bits per heavy atom. The fourth-order valence-electron chi connectivity index (χ4n) is 2.10. The maximum absolute atomic E-state index is 6.41. The van der Waals surface area contributed by atoms with Crippen LogP contribution in [0.15, 0.2) is 24.3 Å². The third-order valence-corrected chi connectivity index (χ3v) is 3.24. The number of rotatable bonds is 2. The van der Waals surface area contributed by atoms with Crippen LogP contribution in [0.25, 0.3) is 5.69 Å². The molecule has 0 N–H and O–H groups in total. The summed E-state index contributed by atoms with van der Waals surface area (Å²) in [5, 5.41) is 5.25. The summed E-state index contributed by atoms with van der Waals surface area (Å²) in [7, 11) is 0. The summed E-state index contributed by atoms with van der Waals surface area (Å²) in [5.74, 6) is 0.390. The lowest BCUT2D eigenvalue weighted by Gasteiger charge is -2.06. The molecule has 0 atom stereocenters. The van der Waals surface area contributed by atoms with Crippen molar-refractivity contribution < 1.29 is 0 Å². The second-order valence-electron chi connectivity index (χ2n) is 4.70. The highest BCUT2D eigenvalue weighted by Gasteiger charge is 2.16. The van der Waals surface area contributed by atoms with Crippen LogP contribution in [0.2, 0.25) is 5.15 Å². The van der Waals surface area contributed by atoms with Gasteiger partial charge in [-0.2, -0.15) is 5.10 Å². The van der Waals surface area contributed by atoms with Crippen LogP contribution < -0.4 is 0 Å². The maximum Gasteiger partial charge on any atom is 0.136 e. The number of hydrogen-bond acceptors (Lipinski definition) is 1. The molecule has 2 nitrogen and oxygen atoms in total. The molecule has 3 heteroatoms. The molecule has 0 radical (unpaired) electrons. The molecule has 0 aliphatic carbocycles. The van der Waals surface area contributed by atoms with Crippen molar-refractivity contribution in [2.75, 3.05) is 0 Å². The highest BCUT2D eigenvalue weighted by atomic mass is 35.5. The Hall–Kier alpha value is -1.28. The van der Waals surface area contributed by atoms with Crippen LogP contribution in [0, 0.1) is 13.8 Å². The Balaban J connectivity index is 2.58. The van der Waals surface area contributed by atoms with E-state index in [9.17, 15) is 0 Å². The maximum atomic E-state index is 6.41. The highest BCUT2D eigenvalue weighted by molar-refractivity contribution is 6.30. The first-order chi connectivity index (χ1) is 8.00. The molecule has 0 saturated carbocycles. The fraction of sp³-hybridized carbons (Fsp3) is 0.357. The third kappa shape index (κ3) is 2.22. The summed E-state index contributed by atoms with van der Waals surface area (Å²) in [4.78, 5) is 0. The van der Waals surface area contributed by atoms with Gasteiger partial charge in [-0.1, -0.05) is 37.6 Å². The molecule has 0 spiro atoms. The van der Waals surface area contributed by atoms with Crippen LogP contribution in [0.1, 0.15) is 36.6 Å². The first kappa shape index (κ1) is 12.2. The number of benzene rings is 1. The molecule has 17 heavy (non-hydrogen) atoms. The summed E-state index contributed by atoms with van der Waals surface area (Å²) < 4.78 is 1.82. The summed E-state index contributed by atoms with van der Waals surface area (Å²) in [6, 6.07) is 8.20. The van der Waals surface area contributed by atoms with Crippen LogP contribution in [-0.2, 0) is 0 Å². The summed E-state index contributed by atoms with van der Waals surface area (Å²) in [6.45, 7) is 8.34. The number of aryl methyl sites for hydroxylation is 2. The van der Waals surface area contributed by atoms with E-state index in [-0.39, 0.29) is 0 Å². The van der Waals surface area contributed by atoms with E-state index in [4.69, 9.17) is 11.6 Å². The number of aromatic nitrogens is 2. The average molecular weight is 249 g/mol. The van der Waals surface area contributed by atoms with Crippen molar-refractivity contribution in [3.63, 3.8) is 0 Å². The highest BCUT2D eigenvalue weighted by Crippen LogP contribution is 2.29. The number of halogens is 1. The Labute approximate surface area is 107 Å². The van der Waals surface area contributed by atoms with Crippen molar-refractivity contribution in [1.29, 1.82) is 0 Å². The molecule has 0 unspecified atom stereocenters. The monoisotopic (exact) mass is 248 g/mol. The van der Waals surface area contributed by atoms with E-state index in [2.05, 4.69) is 38.0 Å². The molecule has 1 aromatic carbocycles. The topological polar surface area (TPSA) is 17.8 Å². The van der Waals surface area contributed by atoms with Crippen molar-refractivity contribution in [1.82, 2.24) is 9.78 Å². The smallest absolute Gasteiger partial charge is 0.136 e. The van der Waals surface area contributed by atoms with E-state index in [1.54, 1.807) is 0 Å². The van der Waals surface area contributed by atoms with Gasteiger partial charge < -0.3 is 0 Å². The van der Waals surface area contributed by atoms with Crippen LogP contribution in [0.4, 0.5) is 0 Å². The molecule has 2 aromatic rings. The predicted molar refractivity (Wildman–Crippen MR) is 72.1 cm³/mol. The standard InChI is InChI=1S/C14H17ClN2/c1-9(2)13-11(4)16-17(14(13)15)12-7-5-6-10(3)8-12/h5-9H,1-4H3. The number of nitrogens with zero attached hydrogens (tertiary/aromatic N) is 2. The van der Waals surface area contributed by atoms with E-state index < -0.39 is 0 Å². The number of hydrogen-bond donors (Lipinski definition) is 0. The molecule has 2 rings (SSSR count). The minimum Gasteiger partial charge on any atom is -0.222 e. The van der Waals surface area contributed by atoms with Gasteiger partial charge in [-0.3, -0.25) is 0 Å². The minimum atomic E-state index is 0.390. The molecule has 1 heterocycles. The van der Waals surface area contributed by atoms with E-state index in [1.807, 2.05) is 23.7 Å². The molecule has 90 valence electrons. The van der Waals surface area contributed by atoms with E-state index in [0.29, 0.717) is 5.92 Å². The van der Waals surface area contributed by atoms with Crippen molar-refractivity contribution >= 4 is 11.6 Å². The zero-order valence-electron chi connectivity index (χ0n) is 10.7. The first-order valence-corrected chi connectivity index (χ1v) is 6.20. The van der Waals surface area contributed by atoms with E-state index in [1.165, 1.54) is 5.56 Å². The largest absolute Gasteiger partial charge is 0.222 e. The first-order valence-electron chi connectivity index (χ1n) is 5.82. The molecule has 0 bridgehead atoms. The van der Waals surface area contributed by atoms with Crippen LogP contribution in [0.5, 0.6) is 0 Å². The Morgan fingerprint density at radius 2 is 1.94 bits per heavy atom. The van der Waals surface area contributed by atoms with Gasteiger partial charge >= 0.3 is 0 Å². The van der Waals surface area contributed by atoms with Gasteiger partial charge in [0.2, 0.25) is 0 Å². The quantitative estimate of drug-likeness (QED) is 0.776. The zero-order chi connectivity index (χ0) is 12.6. The molecule has 0 aliphatic rings. The summed E-state index contributed by atoms with van der Waals surface area (Å²) in [6.07, 6.45) is 0. The van der Waals surface area contributed by atoms with Crippen LogP contribution in [-0.4, -0.2) is 9.78 Å². The lowest BCUT2D eigenvalue weighted by Crippen LogP contribution is -1.97. The summed E-state index contributed by atoms with van der Waals surface area (Å²) in [5.41, 5.74) is 4.36. The molecular formula is C14H17ClN2. The van der Waals surface area contributed by atoms with Gasteiger partial charge in [-0.15, -0.1) is 0 Å². The predicted octanol–water partition coefficient (Wildman–Crippen LogP) is 4.27. The zero-order valence-corrected chi connectivity index (χ0v) is 11.4. The van der Waals surface area contributed by atoms with Gasteiger partial charge in [0.05, 0.1) is 11.4 Å². The molecule has 0 amide bonds. The van der Waals surface area contributed by atoms with E-state index in [0.717, 1.165) is 22.1 Å². The Morgan fingerprint density at radius 1 is 1.24 bits per heavy atom. The minimum absolute atomic E-state index is 0.390. The fourth-order valence-corrected chi connectivity index (χ4v) is 2.59. The SMILES string of the molecule is Cc1cccc(-n2nc(C)c(C(C)C)c2Cl)c1. The van der Waals surface area contributed by atoms with Crippen molar-refractivity contribution in [2.45, 2.75) is 33.6 Å². The lowest BCUT2D eigenvalue weighted by molar-refractivity contribution is 0.857. The normalized spacial score (nSPS) is 11.2. The van der Waals surface area contributed by atoms with Gasteiger partial charge in [0, 0.05) is 5.56 Å². The average Bonchev–Trinajstić information content (AvgIpc) is 2.54. The molecule has 0 aliphatic heterocycles. The second kappa shape index (κ2) is 4.53. The van der Waals surface area contributed by atoms with Crippen molar-refractivity contribution in [3.8, 4) is 5.69 Å². The van der Waals surface area contributed by atoms with Gasteiger partial charge in [-0.25, -0.2) is 4.68 Å². The molecule has 1 aromatic heterocycles.